The summed E-state index contributed by atoms with van der Waals surface area (Å²) in [5.74, 6) is 0. The Kier molecular flexibility index (Phi) is 8.90. The highest BCUT2D eigenvalue weighted by Crippen LogP contribution is 2.49. The topological polar surface area (TPSA) is 24.6 Å². The average molecular weight is 850 g/mol. The number of fused-ring (bicyclic) bond motifs is 9. The van der Waals surface area contributed by atoms with Crippen LogP contribution in [0.15, 0.2) is 150 Å². The van der Waals surface area contributed by atoms with E-state index in [1.165, 1.54) is 66.9 Å². The van der Waals surface area contributed by atoms with Gasteiger partial charge >= 0.3 is 0 Å². The highest BCUT2D eigenvalue weighted by Gasteiger charge is 2.47. The minimum absolute atomic E-state index is 0.0151. The minimum atomic E-state index is -0.0959. The monoisotopic (exact) mass is 849 g/mol. The van der Waals surface area contributed by atoms with E-state index < -0.39 is 0 Å². The molecule has 0 fully saturated rings. The van der Waals surface area contributed by atoms with Crippen LogP contribution in [-0.4, -0.2) is 11.3 Å². The molecule has 0 atom stereocenters. The quantitative estimate of drug-likeness (QED) is 0.166. The van der Waals surface area contributed by atoms with E-state index in [1.54, 1.807) is 0 Å². The molecule has 0 aliphatic carbocycles. The fourth-order valence-electron chi connectivity index (χ4n) is 10.5. The molecular weight excluding hydrogens is 789 g/mol. The molecular formula is C60H60BN3O. The first-order valence-corrected chi connectivity index (χ1v) is 23.5. The Labute approximate surface area is 385 Å². The van der Waals surface area contributed by atoms with Crippen molar-refractivity contribution in [1.82, 2.24) is 4.57 Å². The van der Waals surface area contributed by atoms with E-state index in [-0.39, 0.29) is 28.4 Å². The van der Waals surface area contributed by atoms with E-state index in [9.17, 15) is 0 Å². The van der Waals surface area contributed by atoms with Crippen molar-refractivity contribution in [3.05, 3.63) is 168 Å². The predicted molar refractivity (Wildman–Crippen MR) is 279 cm³/mol. The second kappa shape index (κ2) is 14.0. The summed E-state index contributed by atoms with van der Waals surface area (Å²) < 4.78 is 9.29. The first-order valence-electron chi connectivity index (χ1n) is 23.5. The van der Waals surface area contributed by atoms with Gasteiger partial charge in [0.25, 0.3) is 6.71 Å². The Morgan fingerprint density at radius 2 is 0.908 bits per heavy atom. The average Bonchev–Trinajstić information content (AvgIpc) is 3.79. The van der Waals surface area contributed by atoms with Crippen LogP contribution in [0.2, 0.25) is 0 Å². The van der Waals surface area contributed by atoms with Crippen molar-refractivity contribution in [2.75, 3.05) is 9.80 Å². The maximum Gasteiger partial charge on any atom is 0.273 e. The molecule has 0 N–H and O–H groups in total. The predicted octanol–water partition coefficient (Wildman–Crippen LogP) is 14.8. The first-order chi connectivity index (χ1) is 30.8. The SMILES string of the molecule is CC(C)(C)c1ccc(N2c3ccc(C(C)(C)C)cc3B3c4c2cccc4N(c2ccc(C(C)(C)C)cc2)c2c3n(-c3ccc(C(C)(C)C)cc3)c3cc4oc5ccccc5c4cc23)cc1. The molecule has 2 aliphatic rings. The van der Waals surface area contributed by atoms with Crippen molar-refractivity contribution in [3.63, 3.8) is 0 Å². The lowest BCUT2D eigenvalue weighted by Gasteiger charge is -2.44. The van der Waals surface area contributed by atoms with Gasteiger partial charge in [-0.15, -0.1) is 0 Å². The summed E-state index contributed by atoms with van der Waals surface area (Å²) in [6, 6.07) is 55.4. The molecule has 2 aromatic heterocycles. The van der Waals surface area contributed by atoms with Crippen molar-refractivity contribution >= 4 is 90.2 Å². The van der Waals surface area contributed by atoms with Gasteiger partial charge in [0.05, 0.1) is 11.2 Å². The van der Waals surface area contributed by atoms with Gasteiger partial charge in [-0.1, -0.05) is 156 Å². The van der Waals surface area contributed by atoms with E-state index >= 15 is 0 Å². The lowest BCUT2D eigenvalue weighted by Crippen LogP contribution is -2.63. The van der Waals surface area contributed by atoms with Crippen LogP contribution in [0, 0.1) is 0 Å². The van der Waals surface area contributed by atoms with Crippen molar-refractivity contribution in [1.29, 1.82) is 0 Å². The van der Waals surface area contributed by atoms with Gasteiger partial charge < -0.3 is 18.8 Å². The van der Waals surface area contributed by atoms with Crippen LogP contribution in [0.4, 0.5) is 34.1 Å². The number of rotatable bonds is 3. The normalized spacial score (nSPS) is 14.1. The largest absolute Gasteiger partial charge is 0.456 e. The number of aromatic nitrogens is 1. The van der Waals surface area contributed by atoms with Crippen molar-refractivity contribution < 1.29 is 4.42 Å². The van der Waals surface area contributed by atoms with Gasteiger partial charge in [-0.3, -0.25) is 0 Å². The molecule has 0 bridgehead atoms. The van der Waals surface area contributed by atoms with E-state index in [0.717, 1.165) is 44.5 Å². The number of furan rings is 1. The molecule has 11 rings (SSSR count). The zero-order valence-electron chi connectivity index (χ0n) is 40.2. The lowest BCUT2D eigenvalue weighted by atomic mass is 9.34. The van der Waals surface area contributed by atoms with E-state index in [0.29, 0.717) is 0 Å². The smallest absolute Gasteiger partial charge is 0.273 e. The summed E-state index contributed by atoms with van der Waals surface area (Å²) in [5, 5.41) is 3.46. The number of nitrogens with zero attached hydrogens (tertiary/aromatic N) is 3. The summed E-state index contributed by atoms with van der Waals surface area (Å²) in [4.78, 5) is 5.10. The minimum Gasteiger partial charge on any atom is -0.456 e. The molecule has 4 heterocycles. The number of benzene rings is 7. The summed E-state index contributed by atoms with van der Waals surface area (Å²) >= 11 is 0. The number of hydrogen-bond donors (Lipinski definition) is 0. The molecule has 2 aliphatic heterocycles. The molecule has 0 radical (unpaired) electrons. The van der Waals surface area contributed by atoms with Crippen LogP contribution >= 0.6 is 0 Å². The molecule has 0 spiro atoms. The van der Waals surface area contributed by atoms with Gasteiger partial charge in [0, 0.05) is 61.9 Å². The second-order valence-electron chi connectivity index (χ2n) is 22.8. The molecule has 7 aromatic carbocycles. The molecule has 0 saturated carbocycles. The van der Waals surface area contributed by atoms with Gasteiger partial charge in [0.1, 0.15) is 11.2 Å². The third-order valence-corrected chi connectivity index (χ3v) is 14.2. The van der Waals surface area contributed by atoms with E-state index in [4.69, 9.17) is 4.42 Å². The highest BCUT2D eigenvalue weighted by molar-refractivity contribution is 7.00. The first kappa shape index (κ1) is 41.3. The Bertz CT molecular complexity index is 3340. The van der Waals surface area contributed by atoms with Crippen molar-refractivity contribution in [2.45, 2.75) is 105 Å². The summed E-state index contributed by atoms with van der Waals surface area (Å²) in [6.07, 6.45) is 0. The molecule has 324 valence electrons. The van der Waals surface area contributed by atoms with Gasteiger partial charge in [-0.05, 0) is 122 Å². The summed E-state index contributed by atoms with van der Waals surface area (Å²) in [5.41, 5.74) is 20.3. The van der Waals surface area contributed by atoms with E-state index in [1.807, 2.05) is 0 Å². The lowest BCUT2D eigenvalue weighted by molar-refractivity contribution is 0.590. The molecule has 4 nitrogen and oxygen atoms in total. The Balaban J connectivity index is 1.30. The fraction of sp³-hybridized carbons (Fsp3) is 0.267. The highest BCUT2D eigenvalue weighted by atomic mass is 16.3. The third-order valence-electron chi connectivity index (χ3n) is 14.2. The van der Waals surface area contributed by atoms with Crippen molar-refractivity contribution in [2.24, 2.45) is 0 Å². The van der Waals surface area contributed by atoms with Crippen LogP contribution in [0.25, 0.3) is 38.5 Å². The molecule has 0 unspecified atom stereocenters. The molecule has 5 heteroatoms. The summed E-state index contributed by atoms with van der Waals surface area (Å²) in [6.45, 7) is 27.6. The molecule has 0 saturated heterocycles. The fourth-order valence-corrected chi connectivity index (χ4v) is 10.5. The number of para-hydroxylation sites is 1. The van der Waals surface area contributed by atoms with Crippen LogP contribution in [0.5, 0.6) is 0 Å². The summed E-state index contributed by atoms with van der Waals surface area (Å²) in [7, 11) is 0. The van der Waals surface area contributed by atoms with Crippen LogP contribution in [0.1, 0.15) is 105 Å². The maximum absolute atomic E-state index is 6.72. The number of anilines is 6. The van der Waals surface area contributed by atoms with Crippen LogP contribution in [-0.2, 0) is 21.7 Å². The zero-order chi connectivity index (χ0) is 45.5. The van der Waals surface area contributed by atoms with Crippen LogP contribution < -0.4 is 26.3 Å². The Morgan fingerprint density at radius 3 is 1.48 bits per heavy atom. The van der Waals surface area contributed by atoms with Crippen molar-refractivity contribution in [3.8, 4) is 5.69 Å². The van der Waals surface area contributed by atoms with Gasteiger partial charge in [0.2, 0.25) is 0 Å². The zero-order valence-corrected chi connectivity index (χ0v) is 40.2. The second-order valence-corrected chi connectivity index (χ2v) is 22.8. The van der Waals surface area contributed by atoms with Gasteiger partial charge in [-0.2, -0.15) is 0 Å². The molecule has 9 aromatic rings. The standard InChI is InChI=1S/C60H60BN3O/c1-57(2,3)37-20-27-41(28-21-37)62-48-33-26-40(60(10,11)12)34-47(48)61-54-49(62)17-15-18-50(54)63(42-29-22-38(23-30-42)58(4,5)6)55-46-35-45-44-16-13-14-19-52(44)65-53(45)36-51(46)64(56(55)61)43-31-24-39(25-32-43)59(7,8)9/h13-36H,1-12H3. The number of hydrogen-bond acceptors (Lipinski definition) is 3. The molecule has 0 amide bonds. The maximum atomic E-state index is 6.72. The van der Waals surface area contributed by atoms with Crippen LogP contribution in [0.3, 0.4) is 0 Å². The van der Waals surface area contributed by atoms with E-state index in [2.05, 4.69) is 243 Å². The third kappa shape index (κ3) is 6.48. The molecule has 65 heavy (non-hydrogen) atoms. The van der Waals surface area contributed by atoms with Gasteiger partial charge in [0.15, 0.2) is 0 Å². The Morgan fingerprint density at radius 1 is 0.400 bits per heavy atom. The van der Waals surface area contributed by atoms with Gasteiger partial charge in [-0.25, -0.2) is 0 Å². The Hall–Kier alpha value is -6.46.